The highest BCUT2D eigenvalue weighted by molar-refractivity contribution is 5.86. The predicted octanol–water partition coefficient (Wildman–Crippen LogP) is 2.86. The highest BCUT2D eigenvalue weighted by Crippen LogP contribution is 2.11. The highest BCUT2D eigenvalue weighted by atomic mass is 16.5. The third-order valence-corrected chi connectivity index (χ3v) is 3.77. The molecule has 2 rings (SSSR count). The summed E-state index contributed by atoms with van der Waals surface area (Å²) in [5.41, 5.74) is 6.42. The lowest BCUT2D eigenvalue weighted by molar-refractivity contribution is -0.126. The molecule has 0 saturated heterocycles. The van der Waals surface area contributed by atoms with Crippen LogP contribution in [0.4, 0.5) is 0 Å². The van der Waals surface area contributed by atoms with E-state index in [0.29, 0.717) is 13.2 Å². The van der Waals surface area contributed by atoms with Crippen molar-refractivity contribution in [3.05, 3.63) is 59.7 Å². The number of ether oxygens (including phenoxy) is 2. The molecule has 30 heavy (non-hydrogen) atoms. The second-order valence-corrected chi connectivity index (χ2v) is 6.09. The first kappa shape index (κ1) is 22.6. The average molecular weight is 410 g/mol. The molecule has 2 N–H and O–H groups in total. The van der Waals surface area contributed by atoms with Crippen molar-refractivity contribution in [1.82, 2.24) is 10.9 Å². The second-order valence-electron chi connectivity index (χ2n) is 6.09. The topological polar surface area (TPSA) is 101 Å². The summed E-state index contributed by atoms with van der Waals surface area (Å²) in [4.78, 5) is 23.6. The molecule has 8 nitrogen and oxygen atoms in total. The smallest absolute Gasteiger partial charge is 0.240 e. The standard InChI is InChI=1S/C22H26N4O4/c1-3-29-19-9-5-17(6-10-19)15-23-25-21(27)13-14-22(28)26-24-16-18-7-11-20(12-8-18)30-4-2/h5-12,15-16H,3-4,13-14H2,1-2H3,(H,25,27)(H,26,28)/b23-15+,24-16+. The van der Waals surface area contributed by atoms with E-state index < -0.39 is 0 Å². The number of hydrogen-bond donors (Lipinski definition) is 2. The van der Waals surface area contributed by atoms with Crippen molar-refractivity contribution in [1.29, 1.82) is 0 Å². The van der Waals surface area contributed by atoms with Crippen LogP contribution in [-0.4, -0.2) is 37.5 Å². The summed E-state index contributed by atoms with van der Waals surface area (Å²) in [6, 6.07) is 14.6. The summed E-state index contributed by atoms with van der Waals surface area (Å²) in [5.74, 6) is 0.829. The van der Waals surface area contributed by atoms with Gasteiger partial charge in [0.05, 0.1) is 25.6 Å². The van der Waals surface area contributed by atoms with Gasteiger partial charge in [-0.05, 0) is 73.5 Å². The molecule has 0 radical (unpaired) electrons. The quantitative estimate of drug-likeness (QED) is 0.439. The molecule has 8 heteroatoms. The van der Waals surface area contributed by atoms with Crippen molar-refractivity contribution in [2.24, 2.45) is 10.2 Å². The fraction of sp³-hybridized carbons (Fsp3) is 0.273. The molecule has 0 fully saturated rings. The van der Waals surface area contributed by atoms with Crippen molar-refractivity contribution in [3.63, 3.8) is 0 Å². The molecule has 0 saturated carbocycles. The van der Waals surface area contributed by atoms with Crippen molar-refractivity contribution in [2.45, 2.75) is 26.7 Å². The zero-order valence-corrected chi connectivity index (χ0v) is 17.1. The molecule has 0 aliphatic heterocycles. The lowest BCUT2D eigenvalue weighted by Gasteiger charge is -2.03. The van der Waals surface area contributed by atoms with E-state index in [9.17, 15) is 9.59 Å². The molecule has 2 aromatic rings. The minimum absolute atomic E-state index is 0.00498. The molecular weight excluding hydrogens is 384 g/mol. The summed E-state index contributed by atoms with van der Waals surface area (Å²) < 4.78 is 10.7. The van der Waals surface area contributed by atoms with E-state index in [1.807, 2.05) is 62.4 Å². The van der Waals surface area contributed by atoms with Crippen LogP contribution in [0.25, 0.3) is 0 Å². The van der Waals surface area contributed by atoms with Crippen molar-refractivity contribution in [3.8, 4) is 11.5 Å². The van der Waals surface area contributed by atoms with Crippen LogP contribution in [0.5, 0.6) is 11.5 Å². The fourth-order valence-electron chi connectivity index (χ4n) is 2.33. The Bertz CT molecular complexity index is 788. The maximum absolute atomic E-state index is 11.8. The SMILES string of the molecule is CCOc1ccc(/C=N/NC(=O)CCC(=O)N/N=C/c2ccc(OCC)cc2)cc1. The van der Waals surface area contributed by atoms with Crippen LogP contribution in [-0.2, 0) is 9.59 Å². The molecule has 0 aliphatic carbocycles. The highest BCUT2D eigenvalue weighted by Gasteiger charge is 2.05. The van der Waals surface area contributed by atoms with E-state index in [1.54, 1.807) is 0 Å². The summed E-state index contributed by atoms with van der Waals surface area (Å²) >= 11 is 0. The molecule has 158 valence electrons. The first-order chi connectivity index (χ1) is 14.6. The van der Waals surface area contributed by atoms with Crippen LogP contribution in [0, 0.1) is 0 Å². The van der Waals surface area contributed by atoms with Crippen molar-refractivity contribution in [2.75, 3.05) is 13.2 Å². The van der Waals surface area contributed by atoms with E-state index in [0.717, 1.165) is 22.6 Å². The summed E-state index contributed by atoms with van der Waals surface area (Å²) in [5, 5.41) is 7.76. The van der Waals surface area contributed by atoms with Crippen LogP contribution in [0.1, 0.15) is 37.8 Å². The largest absolute Gasteiger partial charge is 0.494 e. The lowest BCUT2D eigenvalue weighted by Crippen LogP contribution is -2.22. The number of carbonyl (C=O) groups is 2. The maximum Gasteiger partial charge on any atom is 0.240 e. The molecule has 2 amide bonds. The Kier molecular flexibility index (Phi) is 9.58. The number of benzene rings is 2. The van der Waals surface area contributed by atoms with Crippen LogP contribution in [0.2, 0.25) is 0 Å². The molecule has 0 unspecified atom stereocenters. The van der Waals surface area contributed by atoms with E-state index in [2.05, 4.69) is 21.1 Å². The predicted molar refractivity (Wildman–Crippen MR) is 116 cm³/mol. The van der Waals surface area contributed by atoms with E-state index in [4.69, 9.17) is 9.47 Å². The third-order valence-electron chi connectivity index (χ3n) is 3.77. The average Bonchev–Trinajstić information content (AvgIpc) is 2.75. The zero-order valence-electron chi connectivity index (χ0n) is 17.1. The number of amides is 2. The van der Waals surface area contributed by atoms with E-state index in [-0.39, 0.29) is 24.7 Å². The molecule has 0 heterocycles. The van der Waals surface area contributed by atoms with Gasteiger partial charge in [0.15, 0.2) is 0 Å². The van der Waals surface area contributed by atoms with Gasteiger partial charge in [-0.3, -0.25) is 9.59 Å². The summed E-state index contributed by atoms with van der Waals surface area (Å²) in [6.07, 6.45) is 3.06. The first-order valence-corrected chi connectivity index (χ1v) is 9.70. The van der Waals surface area contributed by atoms with E-state index in [1.165, 1.54) is 12.4 Å². The molecule has 2 aromatic carbocycles. The summed E-state index contributed by atoms with van der Waals surface area (Å²) in [6.45, 7) is 5.03. The first-order valence-electron chi connectivity index (χ1n) is 9.70. The maximum atomic E-state index is 11.8. The number of nitrogens with one attached hydrogen (secondary N) is 2. The molecule has 0 spiro atoms. The Morgan fingerprint density at radius 2 is 1.10 bits per heavy atom. The second kappa shape index (κ2) is 12.7. The molecule has 0 aliphatic rings. The Morgan fingerprint density at radius 3 is 1.43 bits per heavy atom. The third kappa shape index (κ3) is 8.55. The number of hydrogen-bond acceptors (Lipinski definition) is 6. The van der Waals surface area contributed by atoms with Gasteiger partial charge in [-0.2, -0.15) is 10.2 Å². The molecule has 0 aromatic heterocycles. The van der Waals surface area contributed by atoms with Crippen LogP contribution >= 0.6 is 0 Å². The molecular formula is C22H26N4O4. The minimum Gasteiger partial charge on any atom is -0.494 e. The Balaban J connectivity index is 1.66. The van der Waals surface area contributed by atoms with Gasteiger partial charge in [-0.25, -0.2) is 10.9 Å². The van der Waals surface area contributed by atoms with Gasteiger partial charge in [0.1, 0.15) is 11.5 Å². The minimum atomic E-state index is -0.358. The van der Waals surface area contributed by atoms with E-state index >= 15 is 0 Å². The monoisotopic (exact) mass is 410 g/mol. The number of rotatable bonds is 11. The van der Waals surface area contributed by atoms with Crippen molar-refractivity contribution >= 4 is 24.2 Å². The van der Waals surface area contributed by atoms with Gasteiger partial charge >= 0.3 is 0 Å². The fourth-order valence-corrected chi connectivity index (χ4v) is 2.33. The van der Waals surface area contributed by atoms with Gasteiger partial charge in [0, 0.05) is 12.8 Å². The number of carbonyl (C=O) groups excluding carboxylic acids is 2. The molecule has 0 bridgehead atoms. The van der Waals surface area contributed by atoms with Crippen LogP contribution in [0.3, 0.4) is 0 Å². The Morgan fingerprint density at radius 1 is 0.733 bits per heavy atom. The normalized spacial score (nSPS) is 10.9. The Labute approximate surface area is 176 Å². The number of hydrazone groups is 2. The molecule has 0 atom stereocenters. The van der Waals surface area contributed by atoms with Crippen molar-refractivity contribution < 1.29 is 19.1 Å². The zero-order chi connectivity index (χ0) is 21.6. The van der Waals surface area contributed by atoms with Gasteiger partial charge < -0.3 is 9.47 Å². The summed E-state index contributed by atoms with van der Waals surface area (Å²) in [7, 11) is 0. The number of nitrogens with zero attached hydrogens (tertiary/aromatic N) is 2. The van der Waals surface area contributed by atoms with Gasteiger partial charge in [-0.1, -0.05) is 0 Å². The van der Waals surface area contributed by atoms with Gasteiger partial charge in [0.2, 0.25) is 11.8 Å². The van der Waals surface area contributed by atoms with Crippen LogP contribution < -0.4 is 20.3 Å². The van der Waals surface area contributed by atoms with Crippen LogP contribution in [0.15, 0.2) is 58.7 Å². The lowest BCUT2D eigenvalue weighted by atomic mass is 10.2. The van der Waals surface area contributed by atoms with Gasteiger partial charge in [0.25, 0.3) is 0 Å². The van der Waals surface area contributed by atoms with Gasteiger partial charge in [-0.15, -0.1) is 0 Å². The Hall–Kier alpha value is -3.68.